The lowest BCUT2D eigenvalue weighted by molar-refractivity contribution is -0.142. The summed E-state index contributed by atoms with van der Waals surface area (Å²) < 4.78 is 0. The van der Waals surface area contributed by atoms with Crippen LogP contribution >= 0.6 is 0 Å². The van der Waals surface area contributed by atoms with E-state index in [1.807, 2.05) is 19.1 Å². The molecular weight excluding hydrogens is 356 g/mol. The van der Waals surface area contributed by atoms with E-state index in [0.717, 1.165) is 24.5 Å². The summed E-state index contributed by atoms with van der Waals surface area (Å²) in [6, 6.07) is 3.71. The molecule has 0 aromatic carbocycles. The zero-order valence-electron chi connectivity index (χ0n) is 16.3. The first-order chi connectivity index (χ1) is 13.6. The molecule has 2 atom stereocenters. The van der Waals surface area contributed by atoms with Gasteiger partial charge in [-0.25, -0.2) is 4.98 Å². The number of aryl methyl sites for hydroxylation is 1. The molecule has 4 rings (SSSR count). The number of nitrogens with one attached hydrogen (secondary N) is 2. The van der Waals surface area contributed by atoms with Crippen LogP contribution in [0, 0.1) is 24.7 Å². The van der Waals surface area contributed by atoms with Crippen molar-refractivity contribution < 1.29 is 9.90 Å². The van der Waals surface area contributed by atoms with Gasteiger partial charge in [0, 0.05) is 30.9 Å². The molecule has 0 radical (unpaired) electrons. The van der Waals surface area contributed by atoms with Crippen LogP contribution in [0.4, 0.5) is 17.6 Å². The van der Waals surface area contributed by atoms with Gasteiger partial charge in [0.15, 0.2) is 0 Å². The highest BCUT2D eigenvalue weighted by molar-refractivity contribution is 5.71. The molecule has 1 aliphatic carbocycles. The Bertz CT molecular complexity index is 803. The number of carbonyl (C=O) groups is 1. The number of aromatic nitrogens is 4. The van der Waals surface area contributed by atoms with Gasteiger partial charge < -0.3 is 15.3 Å². The summed E-state index contributed by atoms with van der Waals surface area (Å²) in [5.74, 6) is 1.97. The van der Waals surface area contributed by atoms with Gasteiger partial charge in [-0.15, -0.1) is 0 Å². The molecule has 3 heterocycles. The number of nitrogens with zero attached hydrogens (tertiary/aromatic N) is 4. The minimum Gasteiger partial charge on any atom is -0.481 e. The molecule has 8 nitrogen and oxygen atoms in total. The van der Waals surface area contributed by atoms with Crippen molar-refractivity contribution in [2.24, 2.45) is 17.8 Å². The fraction of sp³-hybridized carbons (Fsp3) is 0.600. The van der Waals surface area contributed by atoms with E-state index in [0.29, 0.717) is 30.1 Å². The molecule has 150 valence electrons. The molecule has 0 amide bonds. The van der Waals surface area contributed by atoms with Gasteiger partial charge in [0.05, 0.1) is 12.1 Å². The van der Waals surface area contributed by atoms with Crippen LogP contribution in [0.5, 0.6) is 0 Å². The molecule has 1 saturated heterocycles. The number of carboxylic acid groups (broad SMARTS) is 1. The molecule has 0 unspecified atom stereocenters. The van der Waals surface area contributed by atoms with Crippen LogP contribution in [0.3, 0.4) is 0 Å². The van der Waals surface area contributed by atoms with Crippen LogP contribution in [0.2, 0.25) is 0 Å². The second-order valence-corrected chi connectivity index (χ2v) is 8.12. The van der Waals surface area contributed by atoms with Crippen molar-refractivity contribution >= 4 is 23.6 Å². The lowest BCUT2D eigenvalue weighted by Gasteiger charge is -2.41. The number of hydrogen-bond acceptors (Lipinski definition) is 6. The largest absolute Gasteiger partial charge is 0.481 e. The first kappa shape index (κ1) is 18.7. The van der Waals surface area contributed by atoms with Gasteiger partial charge >= 0.3 is 5.97 Å². The predicted molar refractivity (Wildman–Crippen MR) is 107 cm³/mol. The number of carboxylic acids is 1. The van der Waals surface area contributed by atoms with Crippen LogP contribution < -0.4 is 10.2 Å². The summed E-state index contributed by atoms with van der Waals surface area (Å²) >= 11 is 0. The first-order valence-electron chi connectivity index (χ1n) is 10.2. The first-order valence-corrected chi connectivity index (χ1v) is 10.2. The van der Waals surface area contributed by atoms with Crippen molar-refractivity contribution in [3.63, 3.8) is 0 Å². The number of rotatable bonds is 5. The van der Waals surface area contributed by atoms with Gasteiger partial charge in [-0.1, -0.05) is 32.1 Å². The number of hydrogen-bond donors (Lipinski definition) is 3. The smallest absolute Gasteiger partial charge is 0.308 e. The van der Waals surface area contributed by atoms with Crippen molar-refractivity contribution in [2.75, 3.05) is 23.3 Å². The molecule has 0 bridgehead atoms. The third-order valence-electron chi connectivity index (χ3n) is 6.04. The van der Waals surface area contributed by atoms with E-state index in [1.165, 1.54) is 32.1 Å². The minimum absolute atomic E-state index is 0.367. The highest BCUT2D eigenvalue weighted by Gasteiger charge is 2.36. The quantitative estimate of drug-likeness (QED) is 0.725. The maximum Gasteiger partial charge on any atom is 0.308 e. The minimum atomic E-state index is -0.714. The van der Waals surface area contributed by atoms with Crippen molar-refractivity contribution in [1.82, 2.24) is 20.2 Å². The number of aromatic amines is 1. The fourth-order valence-electron chi connectivity index (χ4n) is 4.65. The zero-order chi connectivity index (χ0) is 19.5. The van der Waals surface area contributed by atoms with E-state index in [9.17, 15) is 9.90 Å². The average Bonchev–Trinajstić information content (AvgIpc) is 3.21. The Morgan fingerprint density at radius 1 is 1.21 bits per heavy atom. The van der Waals surface area contributed by atoms with Crippen LogP contribution in [-0.4, -0.2) is 44.3 Å². The van der Waals surface area contributed by atoms with Gasteiger partial charge in [-0.2, -0.15) is 10.1 Å². The van der Waals surface area contributed by atoms with E-state index in [-0.39, 0.29) is 5.92 Å². The summed E-state index contributed by atoms with van der Waals surface area (Å²) in [6.07, 6.45) is 8.70. The maximum atomic E-state index is 11.8. The van der Waals surface area contributed by atoms with Gasteiger partial charge in [0.1, 0.15) is 11.6 Å². The Morgan fingerprint density at radius 3 is 2.75 bits per heavy atom. The van der Waals surface area contributed by atoms with E-state index in [4.69, 9.17) is 0 Å². The predicted octanol–water partition coefficient (Wildman–Crippen LogP) is 3.36. The van der Waals surface area contributed by atoms with E-state index >= 15 is 0 Å². The highest BCUT2D eigenvalue weighted by Crippen LogP contribution is 2.37. The molecular formula is C20H28N6O2. The van der Waals surface area contributed by atoms with Crippen LogP contribution in [0.15, 0.2) is 18.3 Å². The Balaban J connectivity index is 1.57. The van der Waals surface area contributed by atoms with Gasteiger partial charge in [0.25, 0.3) is 0 Å². The molecule has 2 aliphatic rings. The Hall–Kier alpha value is -2.64. The third kappa shape index (κ3) is 4.26. The number of anilines is 3. The standard InChI is InChI=1S/C20H28N6O2/c1-13-9-18(23-17-7-8-21-25-17)24-20(22-13)26-11-15(10-16(12-26)19(27)28)14-5-3-2-4-6-14/h7-9,14-16H,2-6,10-12H2,1H3,(H,27,28)(H2,21,22,23,24,25)/t15-,16+/m0/s1. The molecule has 2 aromatic heterocycles. The Morgan fingerprint density at radius 2 is 2.04 bits per heavy atom. The maximum absolute atomic E-state index is 11.8. The second-order valence-electron chi connectivity index (χ2n) is 8.12. The molecule has 2 fully saturated rings. The summed E-state index contributed by atoms with van der Waals surface area (Å²) in [6.45, 7) is 3.23. The topological polar surface area (TPSA) is 107 Å². The normalized spacial score (nSPS) is 23.5. The molecule has 28 heavy (non-hydrogen) atoms. The molecule has 3 N–H and O–H groups in total. The molecule has 1 aliphatic heterocycles. The number of aliphatic carboxylic acids is 1. The average molecular weight is 384 g/mol. The molecule has 1 saturated carbocycles. The number of H-pyrrole nitrogens is 1. The summed E-state index contributed by atoms with van der Waals surface area (Å²) in [5.41, 5.74) is 0.846. The lowest BCUT2D eigenvalue weighted by Crippen LogP contribution is -2.46. The second kappa shape index (κ2) is 8.16. The monoisotopic (exact) mass is 384 g/mol. The van der Waals surface area contributed by atoms with Crippen LogP contribution in [0.1, 0.15) is 44.2 Å². The Kier molecular flexibility index (Phi) is 5.45. The van der Waals surface area contributed by atoms with Crippen molar-refractivity contribution in [1.29, 1.82) is 0 Å². The van der Waals surface area contributed by atoms with Crippen molar-refractivity contribution in [2.45, 2.75) is 45.4 Å². The highest BCUT2D eigenvalue weighted by atomic mass is 16.4. The lowest BCUT2D eigenvalue weighted by atomic mass is 9.74. The van der Waals surface area contributed by atoms with Crippen molar-refractivity contribution in [3.05, 3.63) is 24.0 Å². The molecule has 8 heteroatoms. The van der Waals surface area contributed by atoms with Gasteiger partial charge in [-0.05, 0) is 25.2 Å². The zero-order valence-corrected chi connectivity index (χ0v) is 16.3. The van der Waals surface area contributed by atoms with Crippen LogP contribution in [0.25, 0.3) is 0 Å². The fourth-order valence-corrected chi connectivity index (χ4v) is 4.65. The van der Waals surface area contributed by atoms with E-state index in [2.05, 4.69) is 30.4 Å². The van der Waals surface area contributed by atoms with Crippen molar-refractivity contribution in [3.8, 4) is 0 Å². The Labute approximate surface area is 164 Å². The summed E-state index contributed by atoms with van der Waals surface area (Å²) in [5, 5.41) is 19.7. The summed E-state index contributed by atoms with van der Waals surface area (Å²) in [4.78, 5) is 23.2. The van der Waals surface area contributed by atoms with E-state index < -0.39 is 5.97 Å². The molecule has 0 spiro atoms. The van der Waals surface area contributed by atoms with Gasteiger partial charge in [0.2, 0.25) is 5.95 Å². The third-order valence-corrected chi connectivity index (χ3v) is 6.04. The van der Waals surface area contributed by atoms with Gasteiger partial charge in [-0.3, -0.25) is 9.89 Å². The van der Waals surface area contributed by atoms with E-state index in [1.54, 1.807) is 6.20 Å². The molecule has 2 aromatic rings. The number of piperidine rings is 1. The SMILES string of the molecule is Cc1cc(Nc2ccn[nH]2)nc(N2C[C@H](C(=O)O)C[C@H](C3CCCCC3)C2)n1. The van der Waals surface area contributed by atoms with Crippen LogP contribution in [-0.2, 0) is 4.79 Å². The summed E-state index contributed by atoms with van der Waals surface area (Å²) in [7, 11) is 0.